The summed E-state index contributed by atoms with van der Waals surface area (Å²) < 4.78 is 0. The van der Waals surface area contributed by atoms with Gasteiger partial charge in [0.15, 0.2) is 0 Å². The Bertz CT molecular complexity index is 659. The number of aliphatic carboxylic acids is 1. The van der Waals surface area contributed by atoms with Crippen LogP contribution in [0.3, 0.4) is 0 Å². The molecule has 0 aliphatic carbocycles. The van der Waals surface area contributed by atoms with Crippen molar-refractivity contribution in [2.75, 3.05) is 25.5 Å². The topological polar surface area (TPSA) is 107 Å². The van der Waals surface area contributed by atoms with E-state index >= 15 is 0 Å². The first kappa shape index (κ1) is 17.0. The number of aromatic hydroxyl groups is 1. The molecule has 0 aromatic heterocycles. The lowest BCUT2D eigenvalue weighted by Gasteiger charge is -2.32. The first-order valence-corrected chi connectivity index (χ1v) is 7.24. The first-order valence-electron chi connectivity index (χ1n) is 7.24. The van der Waals surface area contributed by atoms with Crippen LogP contribution in [-0.2, 0) is 10.2 Å². The minimum atomic E-state index is -0.833. The number of benzene rings is 1. The number of phenols is 1. The van der Waals surface area contributed by atoms with Crippen molar-refractivity contribution < 1.29 is 19.9 Å². The van der Waals surface area contributed by atoms with Crippen molar-refractivity contribution in [3.63, 3.8) is 0 Å². The van der Waals surface area contributed by atoms with E-state index in [0.29, 0.717) is 5.69 Å². The SMILES string of the molecule is CC(=O)O.CN1CC[C@@]2(C)c3cc(O)cc([N+](=O)[O-])c3N(C)[C@@H]12. The van der Waals surface area contributed by atoms with Gasteiger partial charge >= 0.3 is 0 Å². The molecule has 2 N–H and O–H groups in total. The molecule has 2 atom stereocenters. The standard InChI is InChI=1S/C13H17N3O3.C2H4O2/c1-13-4-5-14(2)12(13)15(3)11-9(13)6-8(17)7-10(11)16(18)19;1-2(3)4/h6-7,12,17H,4-5H2,1-3H3;1H3,(H,3,4)/t12-,13+;/m1./s1. The molecular weight excluding hydrogens is 302 g/mol. The fourth-order valence-electron chi connectivity index (χ4n) is 3.82. The lowest BCUT2D eigenvalue weighted by molar-refractivity contribution is -0.384. The summed E-state index contributed by atoms with van der Waals surface area (Å²) in [5.74, 6) is -0.865. The van der Waals surface area contributed by atoms with Gasteiger partial charge in [0.25, 0.3) is 11.7 Å². The zero-order chi connectivity index (χ0) is 17.5. The molecule has 0 radical (unpaired) electrons. The average molecular weight is 323 g/mol. The molecule has 2 aliphatic heterocycles. The second-order valence-electron chi connectivity index (χ2n) is 6.27. The van der Waals surface area contributed by atoms with Crippen molar-refractivity contribution >= 4 is 17.3 Å². The van der Waals surface area contributed by atoms with E-state index < -0.39 is 10.9 Å². The summed E-state index contributed by atoms with van der Waals surface area (Å²) in [6, 6.07) is 2.91. The van der Waals surface area contributed by atoms with Crippen LogP contribution >= 0.6 is 0 Å². The van der Waals surface area contributed by atoms with Crippen molar-refractivity contribution in [1.29, 1.82) is 0 Å². The maximum atomic E-state index is 11.2. The number of anilines is 1. The van der Waals surface area contributed by atoms with Gasteiger partial charge in [0.05, 0.1) is 17.2 Å². The van der Waals surface area contributed by atoms with Crippen LogP contribution in [0.15, 0.2) is 12.1 Å². The highest BCUT2D eigenvalue weighted by molar-refractivity contribution is 5.76. The van der Waals surface area contributed by atoms with Gasteiger partial charge in [-0.1, -0.05) is 6.92 Å². The minimum Gasteiger partial charge on any atom is -0.508 e. The Hall–Kier alpha value is -2.35. The van der Waals surface area contributed by atoms with Crippen LogP contribution in [0.25, 0.3) is 0 Å². The van der Waals surface area contributed by atoms with Crippen LogP contribution < -0.4 is 4.90 Å². The van der Waals surface area contributed by atoms with E-state index in [4.69, 9.17) is 9.90 Å². The highest BCUT2D eigenvalue weighted by atomic mass is 16.6. The Balaban J connectivity index is 0.000000433. The summed E-state index contributed by atoms with van der Waals surface area (Å²) >= 11 is 0. The van der Waals surface area contributed by atoms with Crippen molar-refractivity contribution in [2.45, 2.75) is 31.8 Å². The highest BCUT2D eigenvalue weighted by Gasteiger charge is 2.54. The minimum absolute atomic E-state index is 0.0125. The summed E-state index contributed by atoms with van der Waals surface area (Å²) in [5.41, 5.74) is 1.35. The number of fused-ring (bicyclic) bond motifs is 3. The fourth-order valence-corrected chi connectivity index (χ4v) is 3.82. The number of phenolic OH excluding ortho intramolecular Hbond substituents is 1. The fraction of sp³-hybridized carbons (Fsp3) is 0.533. The van der Waals surface area contributed by atoms with Crippen LogP contribution in [0.4, 0.5) is 11.4 Å². The van der Waals surface area contributed by atoms with E-state index in [0.717, 1.165) is 25.5 Å². The summed E-state index contributed by atoms with van der Waals surface area (Å²) in [7, 11) is 3.92. The molecule has 1 fully saturated rings. The molecule has 1 aromatic carbocycles. The van der Waals surface area contributed by atoms with Gasteiger partial charge in [-0.05, 0) is 25.1 Å². The molecule has 8 heteroatoms. The Morgan fingerprint density at radius 1 is 1.43 bits per heavy atom. The van der Waals surface area contributed by atoms with Gasteiger partial charge in [-0.2, -0.15) is 0 Å². The van der Waals surface area contributed by atoms with Crippen LogP contribution in [0.5, 0.6) is 5.75 Å². The zero-order valence-electron chi connectivity index (χ0n) is 13.6. The molecule has 1 aromatic rings. The molecule has 0 saturated carbocycles. The monoisotopic (exact) mass is 323 g/mol. The molecule has 0 spiro atoms. The van der Waals surface area contributed by atoms with E-state index in [1.54, 1.807) is 6.07 Å². The predicted octanol–water partition coefficient (Wildman–Crippen LogP) is 1.76. The van der Waals surface area contributed by atoms with Crippen LogP contribution in [-0.4, -0.2) is 52.8 Å². The maximum Gasteiger partial charge on any atom is 0.300 e. The molecule has 0 bridgehead atoms. The third-order valence-electron chi connectivity index (χ3n) is 4.58. The predicted molar refractivity (Wildman–Crippen MR) is 84.9 cm³/mol. The first-order chi connectivity index (χ1) is 10.6. The molecule has 8 nitrogen and oxygen atoms in total. The number of nitro benzene ring substituents is 1. The quantitative estimate of drug-likeness (QED) is 0.599. The van der Waals surface area contributed by atoms with Crippen LogP contribution in [0, 0.1) is 10.1 Å². The third-order valence-corrected chi connectivity index (χ3v) is 4.58. The lowest BCUT2D eigenvalue weighted by Crippen LogP contribution is -2.45. The number of likely N-dealkylation sites (tertiary alicyclic amines) is 1. The Morgan fingerprint density at radius 3 is 2.52 bits per heavy atom. The van der Waals surface area contributed by atoms with Crippen molar-refractivity contribution in [3.8, 4) is 5.75 Å². The van der Waals surface area contributed by atoms with E-state index in [-0.39, 0.29) is 23.0 Å². The van der Waals surface area contributed by atoms with Crippen molar-refractivity contribution in [2.24, 2.45) is 0 Å². The number of likely N-dealkylation sites (N-methyl/N-ethyl adjacent to an activating group) is 2. The second kappa shape index (κ2) is 5.69. The highest BCUT2D eigenvalue weighted by Crippen LogP contribution is 2.54. The average Bonchev–Trinajstić information content (AvgIpc) is 2.83. The molecule has 126 valence electrons. The van der Waals surface area contributed by atoms with E-state index in [9.17, 15) is 15.2 Å². The van der Waals surface area contributed by atoms with Gasteiger partial charge in [-0.25, -0.2) is 0 Å². The van der Waals surface area contributed by atoms with Gasteiger partial charge < -0.3 is 15.1 Å². The van der Waals surface area contributed by atoms with Crippen LogP contribution in [0.2, 0.25) is 0 Å². The largest absolute Gasteiger partial charge is 0.508 e. The van der Waals surface area contributed by atoms with Gasteiger partial charge in [0.1, 0.15) is 11.4 Å². The normalized spacial score (nSPS) is 25.4. The second-order valence-corrected chi connectivity index (χ2v) is 6.27. The molecule has 2 aliphatic rings. The molecule has 0 amide bonds. The molecule has 3 rings (SSSR count). The Kier molecular flexibility index (Phi) is 4.21. The summed E-state index contributed by atoms with van der Waals surface area (Å²) in [4.78, 5) is 24.0. The Labute approximate surface area is 134 Å². The van der Waals surface area contributed by atoms with Crippen molar-refractivity contribution in [3.05, 3.63) is 27.8 Å². The molecule has 0 unspecified atom stereocenters. The molecule has 23 heavy (non-hydrogen) atoms. The van der Waals surface area contributed by atoms with Crippen molar-refractivity contribution in [1.82, 2.24) is 4.90 Å². The summed E-state index contributed by atoms with van der Waals surface area (Å²) in [6.07, 6.45) is 1.05. The summed E-state index contributed by atoms with van der Waals surface area (Å²) in [5, 5.41) is 28.4. The van der Waals surface area contributed by atoms with Gasteiger partial charge in [-0.15, -0.1) is 0 Å². The number of nitro groups is 1. The Morgan fingerprint density at radius 2 is 2.00 bits per heavy atom. The van der Waals surface area contributed by atoms with Gasteiger partial charge in [0.2, 0.25) is 0 Å². The number of rotatable bonds is 1. The summed E-state index contributed by atoms with van der Waals surface area (Å²) in [6.45, 7) is 4.15. The van der Waals surface area contributed by atoms with E-state index in [1.807, 2.05) is 19.0 Å². The smallest absolute Gasteiger partial charge is 0.300 e. The molecule has 2 heterocycles. The maximum absolute atomic E-state index is 11.2. The van der Waals surface area contributed by atoms with E-state index in [2.05, 4.69) is 11.8 Å². The lowest BCUT2D eigenvalue weighted by atomic mass is 9.81. The van der Waals surface area contributed by atoms with E-state index in [1.165, 1.54) is 6.07 Å². The molecular formula is C15H21N3O5. The molecule has 1 saturated heterocycles. The number of carboxylic acid groups (broad SMARTS) is 1. The number of nitrogens with zero attached hydrogens (tertiary/aromatic N) is 3. The number of carbonyl (C=O) groups is 1. The van der Waals surface area contributed by atoms with Gasteiger partial charge in [0, 0.05) is 25.9 Å². The number of carboxylic acids is 1. The zero-order valence-corrected chi connectivity index (χ0v) is 13.6. The number of hydrogen-bond donors (Lipinski definition) is 2. The van der Waals surface area contributed by atoms with Gasteiger partial charge in [-0.3, -0.25) is 19.8 Å². The van der Waals surface area contributed by atoms with Crippen LogP contribution in [0.1, 0.15) is 25.8 Å². The third kappa shape index (κ3) is 2.70. The number of hydrogen-bond acceptors (Lipinski definition) is 6.